The van der Waals surface area contributed by atoms with E-state index >= 15 is 0 Å². The van der Waals surface area contributed by atoms with Crippen molar-refractivity contribution in [3.05, 3.63) is 58.6 Å². The fourth-order valence-electron chi connectivity index (χ4n) is 2.00. The van der Waals surface area contributed by atoms with Crippen LogP contribution in [0.2, 0.25) is 5.02 Å². The van der Waals surface area contributed by atoms with Crippen molar-refractivity contribution in [1.29, 1.82) is 0 Å². The molecule has 0 radical (unpaired) electrons. The standard InChI is InChI=1S/C16H17ClFN3O/c1-11-10-19-6-5-15(11)20-7-8-21-16(22)9-12-13(17)3-2-4-14(12)18/h2-6,10H,7-9H2,1H3,(H,19,20)(H,21,22). The fraction of sp³-hybridized carbons (Fsp3) is 0.250. The van der Waals surface area contributed by atoms with Gasteiger partial charge in [0.25, 0.3) is 0 Å². The van der Waals surface area contributed by atoms with E-state index in [1.54, 1.807) is 18.5 Å². The molecule has 1 aromatic carbocycles. The maximum atomic E-state index is 13.6. The number of aryl methyl sites for hydroxylation is 1. The van der Waals surface area contributed by atoms with Gasteiger partial charge in [0.2, 0.25) is 5.91 Å². The predicted molar refractivity (Wildman–Crippen MR) is 85.6 cm³/mol. The van der Waals surface area contributed by atoms with Gasteiger partial charge in [-0.2, -0.15) is 0 Å². The third-order valence-electron chi connectivity index (χ3n) is 3.18. The molecule has 6 heteroatoms. The molecule has 0 fully saturated rings. The summed E-state index contributed by atoms with van der Waals surface area (Å²) in [7, 11) is 0. The minimum Gasteiger partial charge on any atom is -0.383 e. The van der Waals surface area contributed by atoms with Crippen LogP contribution in [-0.2, 0) is 11.2 Å². The van der Waals surface area contributed by atoms with Gasteiger partial charge in [-0.3, -0.25) is 9.78 Å². The molecule has 1 heterocycles. The Morgan fingerprint density at radius 1 is 1.32 bits per heavy atom. The number of anilines is 1. The zero-order valence-corrected chi connectivity index (χ0v) is 13.0. The number of hydrogen-bond acceptors (Lipinski definition) is 3. The average Bonchev–Trinajstić information content (AvgIpc) is 2.49. The van der Waals surface area contributed by atoms with Crippen LogP contribution in [0.25, 0.3) is 0 Å². The van der Waals surface area contributed by atoms with E-state index in [2.05, 4.69) is 15.6 Å². The fourth-order valence-corrected chi connectivity index (χ4v) is 2.22. The van der Waals surface area contributed by atoms with Crippen molar-refractivity contribution in [2.24, 2.45) is 0 Å². The summed E-state index contributed by atoms with van der Waals surface area (Å²) in [6.07, 6.45) is 3.40. The van der Waals surface area contributed by atoms with Crippen LogP contribution in [0.5, 0.6) is 0 Å². The van der Waals surface area contributed by atoms with E-state index in [-0.39, 0.29) is 22.9 Å². The smallest absolute Gasteiger partial charge is 0.224 e. The third kappa shape index (κ3) is 4.43. The Morgan fingerprint density at radius 2 is 2.14 bits per heavy atom. The molecular formula is C16H17ClFN3O. The maximum Gasteiger partial charge on any atom is 0.224 e. The Hall–Kier alpha value is -2.14. The van der Waals surface area contributed by atoms with Crippen LogP contribution in [0, 0.1) is 12.7 Å². The van der Waals surface area contributed by atoms with E-state index in [0.29, 0.717) is 13.1 Å². The van der Waals surface area contributed by atoms with Crippen molar-refractivity contribution in [1.82, 2.24) is 10.3 Å². The lowest BCUT2D eigenvalue weighted by Crippen LogP contribution is -2.30. The highest BCUT2D eigenvalue weighted by Gasteiger charge is 2.11. The molecule has 0 atom stereocenters. The van der Waals surface area contributed by atoms with Crippen molar-refractivity contribution in [3.63, 3.8) is 0 Å². The highest BCUT2D eigenvalue weighted by atomic mass is 35.5. The summed E-state index contributed by atoms with van der Waals surface area (Å²) in [5.41, 5.74) is 2.23. The number of nitrogens with one attached hydrogen (secondary N) is 2. The predicted octanol–water partition coefficient (Wildman–Crippen LogP) is 2.95. The summed E-state index contributed by atoms with van der Waals surface area (Å²) >= 11 is 5.89. The lowest BCUT2D eigenvalue weighted by atomic mass is 10.1. The Kier molecular flexibility index (Phi) is 5.72. The van der Waals surface area contributed by atoms with Crippen LogP contribution < -0.4 is 10.6 Å². The highest BCUT2D eigenvalue weighted by Crippen LogP contribution is 2.19. The normalized spacial score (nSPS) is 10.3. The van der Waals surface area contributed by atoms with Gasteiger partial charge in [0.1, 0.15) is 5.82 Å². The molecule has 1 amide bonds. The number of halogens is 2. The van der Waals surface area contributed by atoms with E-state index in [0.717, 1.165) is 11.3 Å². The molecular weight excluding hydrogens is 305 g/mol. The van der Waals surface area contributed by atoms with E-state index in [1.165, 1.54) is 12.1 Å². The van der Waals surface area contributed by atoms with Gasteiger partial charge in [0.15, 0.2) is 0 Å². The lowest BCUT2D eigenvalue weighted by molar-refractivity contribution is -0.120. The van der Waals surface area contributed by atoms with Crippen LogP contribution in [0.3, 0.4) is 0 Å². The van der Waals surface area contributed by atoms with Crippen LogP contribution in [0.4, 0.5) is 10.1 Å². The van der Waals surface area contributed by atoms with E-state index < -0.39 is 5.82 Å². The number of amides is 1. The van der Waals surface area contributed by atoms with Gasteiger partial charge in [-0.25, -0.2) is 4.39 Å². The largest absolute Gasteiger partial charge is 0.383 e. The Bertz CT molecular complexity index is 643. The Morgan fingerprint density at radius 3 is 2.86 bits per heavy atom. The van der Waals surface area contributed by atoms with Gasteiger partial charge in [0.05, 0.1) is 6.42 Å². The second-order valence-electron chi connectivity index (χ2n) is 4.84. The van der Waals surface area contributed by atoms with Gasteiger partial charge in [-0.05, 0) is 30.7 Å². The maximum absolute atomic E-state index is 13.6. The number of carbonyl (C=O) groups excluding carboxylic acids is 1. The molecule has 0 aliphatic carbocycles. The number of rotatable bonds is 6. The molecule has 2 rings (SSSR count). The number of carbonyl (C=O) groups is 1. The first-order chi connectivity index (χ1) is 10.6. The van der Waals surface area contributed by atoms with Crippen molar-refractivity contribution in [2.75, 3.05) is 18.4 Å². The summed E-state index contributed by atoms with van der Waals surface area (Å²) in [5.74, 6) is -0.728. The van der Waals surface area contributed by atoms with Crippen molar-refractivity contribution >= 4 is 23.2 Å². The summed E-state index contributed by atoms with van der Waals surface area (Å²) < 4.78 is 13.6. The van der Waals surface area contributed by atoms with Gasteiger partial charge in [0, 0.05) is 41.8 Å². The molecule has 0 bridgehead atoms. The molecule has 22 heavy (non-hydrogen) atoms. The summed E-state index contributed by atoms with van der Waals surface area (Å²) in [5, 5.41) is 6.20. The molecule has 1 aromatic heterocycles. The van der Waals surface area contributed by atoms with Crippen molar-refractivity contribution in [2.45, 2.75) is 13.3 Å². The van der Waals surface area contributed by atoms with Gasteiger partial charge in [-0.15, -0.1) is 0 Å². The first-order valence-electron chi connectivity index (χ1n) is 6.92. The molecule has 0 aliphatic rings. The van der Waals surface area contributed by atoms with Gasteiger partial charge < -0.3 is 10.6 Å². The van der Waals surface area contributed by atoms with E-state index in [1.807, 2.05) is 13.0 Å². The zero-order chi connectivity index (χ0) is 15.9. The van der Waals surface area contributed by atoms with Gasteiger partial charge >= 0.3 is 0 Å². The van der Waals surface area contributed by atoms with E-state index in [4.69, 9.17) is 11.6 Å². The first kappa shape index (κ1) is 16.2. The molecule has 2 aromatic rings. The third-order valence-corrected chi connectivity index (χ3v) is 3.54. The zero-order valence-electron chi connectivity index (χ0n) is 12.2. The Balaban J connectivity index is 1.78. The second kappa shape index (κ2) is 7.75. The minimum atomic E-state index is -0.465. The quantitative estimate of drug-likeness (QED) is 0.804. The average molecular weight is 322 g/mol. The SMILES string of the molecule is Cc1cnccc1NCCNC(=O)Cc1c(F)cccc1Cl. The molecule has 0 spiro atoms. The molecule has 4 nitrogen and oxygen atoms in total. The van der Waals surface area contributed by atoms with Gasteiger partial charge in [-0.1, -0.05) is 17.7 Å². The molecule has 116 valence electrons. The summed E-state index contributed by atoms with van der Waals surface area (Å²) in [6.45, 7) is 2.96. The second-order valence-corrected chi connectivity index (χ2v) is 5.25. The van der Waals surface area contributed by atoms with Crippen molar-refractivity contribution in [3.8, 4) is 0 Å². The van der Waals surface area contributed by atoms with Crippen LogP contribution in [-0.4, -0.2) is 24.0 Å². The molecule has 0 aliphatic heterocycles. The van der Waals surface area contributed by atoms with Crippen LogP contribution in [0.1, 0.15) is 11.1 Å². The monoisotopic (exact) mass is 321 g/mol. The molecule has 0 saturated carbocycles. The molecule has 0 unspecified atom stereocenters. The van der Waals surface area contributed by atoms with E-state index in [9.17, 15) is 9.18 Å². The first-order valence-corrected chi connectivity index (χ1v) is 7.30. The minimum absolute atomic E-state index is 0.0697. The number of nitrogens with zero attached hydrogens (tertiary/aromatic N) is 1. The number of hydrogen-bond donors (Lipinski definition) is 2. The van der Waals surface area contributed by atoms with Crippen LogP contribution in [0.15, 0.2) is 36.7 Å². The number of benzene rings is 1. The van der Waals surface area contributed by atoms with Crippen molar-refractivity contribution < 1.29 is 9.18 Å². The molecule has 2 N–H and O–H groups in total. The summed E-state index contributed by atoms with van der Waals surface area (Å²) in [6, 6.07) is 6.25. The Labute approximate surface area is 133 Å². The number of aromatic nitrogens is 1. The lowest BCUT2D eigenvalue weighted by Gasteiger charge is -2.10. The van der Waals surface area contributed by atoms with Crippen LogP contribution >= 0.6 is 11.6 Å². The topological polar surface area (TPSA) is 54.0 Å². The number of pyridine rings is 1. The molecule has 0 saturated heterocycles. The summed E-state index contributed by atoms with van der Waals surface area (Å²) in [4.78, 5) is 15.8. The highest BCUT2D eigenvalue weighted by molar-refractivity contribution is 6.31.